The lowest BCUT2D eigenvalue weighted by Crippen LogP contribution is -2.49. The number of nitrogens with zero attached hydrogens (tertiary/aromatic N) is 3. The second kappa shape index (κ2) is 9.38. The fourth-order valence-electron chi connectivity index (χ4n) is 4.29. The van der Waals surface area contributed by atoms with Crippen molar-refractivity contribution in [2.45, 2.75) is 33.5 Å². The Morgan fingerprint density at radius 2 is 1.75 bits per heavy atom. The monoisotopic (exact) mass is 504 g/mol. The van der Waals surface area contributed by atoms with Gasteiger partial charge in [0.05, 0.1) is 11.5 Å². The first-order chi connectivity index (χ1) is 16.8. The molecule has 1 aliphatic rings. The Bertz CT molecular complexity index is 1370. The van der Waals surface area contributed by atoms with Crippen LogP contribution in [0.1, 0.15) is 27.8 Å². The first-order valence-electron chi connectivity index (χ1n) is 11.1. The molecule has 0 spiro atoms. The predicted octanol–water partition coefficient (Wildman–Crippen LogP) is 4.58. The third-order valence-corrected chi connectivity index (χ3v) is 6.36. The van der Waals surface area contributed by atoms with Crippen molar-refractivity contribution < 1.29 is 27.5 Å². The number of nitrogens with one attached hydrogen (secondary N) is 1. The van der Waals surface area contributed by atoms with Crippen LogP contribution in [0.15, 0.2) is 41.5 Å². The van der Waals surface area contributed by atoms with E-state index in [0.717, 1.165) is 22.8 Å². The van der Waals surface area contributed by atoms with Crippen LogP contribution in [0.2, 0.25) is 0 Å². The van der Waals surface area contributed by atoms with Crippen LogP contribution in [0, 0.1) is 32.5 Å². The van der Waals surface area contributed by atoms with Gasteiger partial charge in [0.25, 0.3) is 5.56 Å². The number of aromatic nitrogens is 2. The molecule has 1 fully saturated rings. The number of carboxylic acids is 1. The summed E-state index contributed by atoms with van der Waals surface area (Å²) in [5.74, 6) is -2.77. The van der Waals surface area contributed by atoms with Gasteiger partial charge in [-0.05, 0) is 67.3 Å². The SMILES string of the molecule is Cc1cc(F)c(C(F)(F)F)cc1Nc1nccn(-c2cc(C)c(CN3CC(C(=O)O)C3)c(C)c2)c1=O. The number of hydrogen-bond donors (Lipinski definition) is 2. The number of carboxylic acid groups (broad SMARTS) is 1. The van der Waals surface area contributed by atoms with E-state index in [9.17, 15) is 27.2 Å². The first-order valence-corrected chi connectivity index (χ1v) is 11.1. The van der Waals surface area contributed by atoms with Gasteiger partial charge in [-0.15, -0.1) is 0 Å². The quantitative estimate of drug-likeness (QED) is 0.478. The van der Waals surface area contributed by atoms with Crippen LogP contribution in [0.4, 0.5) is 29.1 Å². The van der Waals surface area contributed by atoms with Crippen molar-refractivity contribution in [2.75, 3.05) is 18.4 Å². The molecule has 2 aromatic carbocycles. The highest BCUT2D eigenvalue weighted by atomic mass is 19.4. The number of carbonyl (C=O) groups is 1. The van der Waals surface area contributed by atoms with E-state index in [1.54, 1.807) is 0 Å². The number of alkyl halides is 3. The van der Waals surface area contributed by atoms with Crippen LogP contribution in [-0.4, -0.2) is 38.6 Å². The first kappa shape index (κ1) is 25.4. The Balaban J connectivity index is 1.62. The molecule has 0 bridgehead atoms. The van der Waals surface area contributed by atoms with E-state index in [1.165, 1.54) is 23.9 Å². The van der Waals surface area contributed by atoms with Crippen LogP contribution < -0.4 is 10.9 Å². The van der Waals surface area contributed by atoms with E-state index in [1.807, 2.05) is 30.9 Å². The maximum Gasteiger partial charge on any atom is 0.419 e. The lowest BCUT2D eigenvalue weighted by Gasteiger charge is -2.37. The molecule has 0 atom stereocenters. The van der Waals surface area contributed by atoms with Crippen LogP contribution in [0.3, 0.4) is 0 Å². The Kier molecular flexibility index (Phi) is 6.61. The molecule has 0 amide bonds. The molecule has 190 valence electrons. The molecule has 4 rings (SSSR count). The zero-order chi connectivity index (χ0) is 26.4. The van der Waals surface area contributed by atoms with Gasteiger partial charge in [0.1, 0.15) is 5.82 Å². The van der Waals surface area contributed by atoms with Gasteiger partial charge in [-0.1, -0.05) is 0 Å². The average Bonchev–Trinajstić information content (AvgIpc) is 2.73. The molecule has 1 aliphatic heterocycles. The smallest absolute Gasteiger partial charge is 0.419 e. The Morgan fingerprint density at radius 1 is 1.11 bits per heavy atom. The highest BCUT2D eigenvalue weighted by Gasteiger charge is 2.35. The molecule has 2 heterocycles. The highest BCUT2D eigenvalue weighted by Crippen LogP contribution is 2.35. The van der Waals surface area contributed by atoms with Crippen LogP contribution in [0.25, 0.3) is 5.69 Å². The minimum atomic E-state index is -4.89. The number of rotatable bonds is 6. The van der Waals surface area contributed by atoms with E-state index >= 15 is 0 Å². The van der Waals surface area contributed by atoms with Crippen molar-refractivity contribution >= 4 is 17.5 Å². The van der Waals surface area contributed by atoms with Crippen LogP contribution in [-0.2, 0) is 17.5 Å². The number of aliphatic carboxylic acids is 1. The summed E-state index contributed by atoms with van der Waals surface area (Å²) in [5.41, 5.74) is 1.47. The van der Waals surface area contributed by atoms with Crippen molar-refractivity contribution in [2.24, 2.45) is 5.92 Å². The lowest BCUT2D eigenvalue weighted by molar-refractivity contribution is -0.147. The van der Waals surface area contributed by atoms with Gasteiger partial charge in [-0.25, -0.2) is 9.37 Å². The summed E-state index contributed by atoms with van der Waals surface area (Å²) in [7, 11) is 0. The fourth-order valence-corrected chi connectivity index (χ4v) is 4.29. The summed E-state index contributed by atoms with van der Waals surface area (Å²) >= 11 is 0. The molecular weight excluding hydrogens is 480 g/mol. The minimum absolute atomic E-state index is 0.0806. The molecule has 11 heteroatoms. The number of hydrogen-bond acceptors (Lipinski definition) is 5. The zero-order valence-electron chi connectivity index (χ0n) is 19.8. The molecular formula is C25H24F4N4O3. The van der Waals surface area contributed by atoms with Gasteiger partial charge in [0.2, 0.25) is 0 Å². The Labute approximate surface area is 204 Å². The van der Waals surface area contributed by atoms with Gasteiger partial charge in [-0.2, -0.15) is 13.2 Å². The summed E-state index contributed by atoms with van der Waals surface area (Å²) in [6.07, 6.45) is -2.09. The van der Waals surface area contributed by atoms with Crippen molar-refractivity contribution in [3.63, 3.8) is 0 Å². The van der Waals surface area contributed by atoms with Gasteiger partial charge < -0.3 is 10.4 Å². The summed E-state index contributed by atoms with van der Waals surface area (Å²) in [5, 5.41) is 11.7. The Morgan fingerprint density at radius 3 is 2.33 bits per heavy atom. The molecule has 1 aromatic heterocycles. The number of aryl methyl sites for hydroxylation is 3. The van der Waals surface area contributed by atoms with Gasteiger partial charge in [0, 0.05) is 43.4 Å². The molecule has 2 N–H and O–H groups in total. The topological polar surface area (TPSA) is 87.5 Å². The highest BCUT2D eigenvalue weighted by molar-refractivity contribution is 5.71. The molecule has 3 aromatic rings. The third kappa shape index (κ3) is 4.97. The Hall–Kier alpha value is -3.73. The lowest BCUT2D eigenvalue weighted by atomic mass is 9.96. The second-order valence-corrected chi connectivity index (χ2v) is 9.01. The van der Waals surface area contributed by atoms with Crippen molar-refractivity contribution in [1.82, 2.24) is 14.5 Å². The molecule has 1 saturated heterocycles. The van der Waals surface area contributed by atoms with Crippen molar-refractivity contribution in [3.05, 3.63) is 80.6 Å². The number of benzene rings is 2. The summed E-state index contributed by atoms with van der Waals surface area (Å²) in [6.45, 7) is 6.76. The molecule has 7 nitrogen and oxygen atoms in total. The van der Waals surface area contributed by atoms with E-state index in [-0.39, 0.29) is 23.0 Å². The van der Waals surface area contributed by atoms with Gasteiger partial charge in [0.15, 0.2) is 5.82 Å². The largest absolute Gasteiger partial charge is 0.481 e. The van der Waals surface area contributed by atoms with E-state index in [0.29, 0.717) is 31.4 Å². The molecule has 0 saturated carbocycles. The fraction of sp³-hybridized carbons (Fsp3) is 0.320. The molecule has 0 unspecified atom stereocenters. The van der Waals surface area contributed by atoms with E-state index < -0.39 is 29.1 Å². The number of anilines is 2. The summed E-state index contributed by atoms with van der Waals surface area (Å²) in [4.78, 5) is 30.2. The zero-order valence-corrected chi connectivity index (χ0v) is 19.8. The predicted molar refractivity (Wildman–Crippen MR) is 125 cm³/mol. The number of halogens is 4. The van der Waals surface area contributed by atoms with Gasteiger partial charge >= 0.3 is 12.1 Å². The second-order valence-electron chi connectivity index (χ2n) is 9.01. The summed E-state index contributed by atoms with van der Waals surface area (Å²) in [6, 6.07) is 5.01. The van der Waals surface area contributed by atoms with E-state index in [2.05, 4.69) is 10.3 Å². The molecule has 0 radical (unpaired) electrons. The molecule has 36 heavy (non-hydrogen) atoms. The van der Waals surface area contributed by atoms with Crippen molar-refractivity contribution in [1.29, 1.82) is 0 Å². The van der Waals surface area contributed by atoms with Gasteiger partial charge in [-0.3, -0.25) is 19.1 Å². The maximum absolute atomic E-state index is 13.8. The minimum Gasteiger partial charge on any atom is -0.481 e. The van der Waals surface area contributed by atoms with Crippen LogP contribution in [0.5, 0.6) is 0 Å². The van der Waals surface area contributed by atoms with E-state index in [4.69, 9.17) is 5.11 Å². The van der Waals surface area contributed by atoms with Crippen molar-refractivity contribution in [3.8, 4) is 5.69 Å². The standard InChI is InChI=1S/C25H24F4N4O3/c1-13-6-17(7-14(2)18(13)12-32-10-16(11-32)24(35)36)33-5-4-30-22(23(33)34)31-21-9-19(25(27,28)29)20(26)8-15(21)3/h4-9,16H,10-12H2,1-3H3,(H,30,31)(H,35,36). The maximum atomic E-state index is 13.8. The molecule has 0 aliphatic carbocycles. The third-order valence-electron chi connectivity index (χ3n) is 6.36. The normalized spacial score (nSPS) is 14.5. The number of likely N-dealkylation sites (tertiary alicyclic amines) is 1. The summed E-state index contributed by atoms with van der Waals surface area (Å²) < 4.78 is 54.6. The average molecular weight is 504 g/mol. The van der Waals surface area contributed by atoms with Crippen LogP contribution >= 0.6 is 0 Å².